The molecule has 29 heavy (non-hydrogen) atoms. The van der Waals surface area contributed by atoms with Gasteiger partial charge < -0.3 is 9.42 Å². The maximum absolute atomic E-state index is 13.9. The van der Waals surface area contributed by atoms with E-state index in [4.69, 9.17) is 4.52 Å². The SMILES string of the molecule is O=C(c1cc2c(F)cccc2s1)N1CCN(Cc2nc(-c3cccs3)no2)CC1. The Morgan fingerprint density at radius 1 is 1.17 bits per heavy atom. The fourth-order valence-electron chi connectivity index (χ4n) is 3.41. The second kappa shape index (κ2) is 7.66. The number of fused-ring (bicyclic) bond motifs is 1. The Balaban J connectivity index is 1.21. The summed E-state index contributed by atoms with van der Waals surface area (Å²) >= 11 is 2.91. The number of benzene rings is 1. The summed E-state index contributed by atoms with van der Waals surface area (Å²) in [5, 5.41) is 6.53. The minimum Gasteiger partial charge on any atom is -0.338 e. The highest BCUT2D eigenvalue weighted by Crippen LogP contribution is 2.29. The molecule has 0 unspecified atom stereocenters. The Kier molecular flexibility index (Phi) is 4.86. The van der Waals surface area contributed by atoms with Crippen molar-refractivity contribution in [1.82, 2.24) is 19.9 Å². The zero-order valence-electron chi connectivity index (χ0n) is 15.4. The Morgan fingerprint density at radius 3 is 2.79 bits per heavy atom. The Bertz CT molecular complexity index is 1150. The molecule has 0 atom stereocenters. The Labute approximate surface area is 174 Å². The van der Waals surface area contributed by atoms with E-state index in [9.17, 15) is 9.18 Å². The molecule has 4 heterocycles. The number of nitrogens with zero attached hydrogens (tertiary/aromatic N) is 4. The zero-order valence-corrected chi connectivity index (χ0v) is 17.0. The molecule has 1 aromatic carbocycles. The minimum absolute atomic E-state index is 0.0389. The van der Waals surface area contributed by atoms with Gasteiger partial charge in [-0.25, -0.2) is 4.39 Å². The number of carbonyl (C=O) groups is 1. The highest BCUT2D eigenvalue weighted by atomic mass is 32.1. The van der Waals surface area contributed by atoms with E-state index in [2.05, 4.69) is 15.0 Å². The van der Waals surface area contributed by atoms with Crippen LogP contribution in [0.25, 0.3) is 20.8 Å². The van der Waals surface area contributed by atoms with Crippen molar-refractivity contribution >= 4 is 38.7 Å². The van der Waals surface area contributed by atoms with Gasteiger partial charge in [0.05, 0.1) is 16.3 Å². The number of aromatic nitrogens is 2. The van der Waals surface area contributed by atoms with E-state index in [1.807, 2.05) is 28.5 Å². The summed E-state index contributed by atoms with van der Waals surface area (Å²) in [6.45, 7) is 3.24. The summed E-state index contributed by atoms with van der Waals surface area (Å²) in [6.07, 6.45) is 0. The number of piperazine rings is 1. The molecule has 3 aromatic heterocycles. The molecule has 4 aromatic rings. The third kappa shape index (κ3) is 3.68. The van der Waals surface area contributed by atoms with Crippen molar-refractivity contribution in [2.24, 2.45) is 0 Å². The van der Waals surface area contributed by atoms with Crippen molar-refractivity contribution in [3.05, 3.63) is 58.4 Å². The molecule has 0 aliphatic carbocycles. The van der Waals surface area contributed by atoms with E-state index in [1.54, 1.807) is 23.5 Å². The van der Waals surface area contributed by atoms with Crippen LogP contribution in [0.5, 0.6) is 0 Å². The lowest BCUT2D eigenvalue weighted by molar-refractivity contribution is 0.0620. The first kappa shape index (κ1) is 18.4. The molecule has 1 amide bonds. The third-order valence-corrected chi connectivity index (χ3v) is 6.90. The van der Waals surface area contributed by atoms with Crippen molar-refractivity contribution in [2.45, 2.75) is 6.54 Å². The molecule has 1 saturated heterocycles. The lowest BCUT2D eigenvalue weighted by atomic mass is 10.2. The van der Waals surface area contributed by atoms with Crippen LogP contribution in [0.1, 0.15) is 15.6 Å². The third-order valence-electron chi connectivity index (χ3n) is 4.95. The summed E-state index contributed by atoms with van der Waals surface area (Å²) in [7, 11) is 0. The van der Waals surface area contributed by atoms with E-state index >= 15 is 0 Å². The maximum Gasteiger partial charge on any atom is 0.264 e. The van der Waals surface area contributed by atoms with Crippen molar-refractivity contribution in [3.8, 4) is 10.7 Å². The first-order valence-electron chi connectivity index (χ1n) is 9.23. The fraction of sp³-hybridized carbons (Fsp3) is 0.250. The van der Waals surface area contributed by atoms with Gasteiger partial charge in [-0.2, -0.15) is 4.98 Å². The molecule has 0 spiro atoms. The fourth-order valence-corrected chi connectivity index (χ4v) is 5.10. The second-order valence-corrected chi connectivity index (χ2v) is 8.85. The van der Waals surface area contributed by atoms with Crippen LogP contribution in [-0.2, 0) is 6.54 Å². The largest absolute Gasteiger partial charge is 0.338 e. The van der Waals surface area contributed by atoms with Crippen LogP contribution in [-0.4, -0.2) is 52.0 Å². The van der Waals surface area contributed by atoms with Crippen molar-refractivity contribution in [1.29, 1.82) is 0 Å². The van der Waals surface area contributed by atoms with E-state index in [1.165, 1.54) is 17.4 Å². The van der Waals surface area contributed by atoms with E-state index in [-0.39, 0.29) is 11.7 Å². The van der Waals surface area contributed by atoms with Crippen LogP contribution in [0.3, 0.4) is 0 Å². The molecule has 1 aliphatic heterocycles. The van der Waals surface area contributed by atoms with Crippen LogP contribution in [0, 0.1) is 5.82 Å². The first-order valence-corrected chi connectivity index (χ1v) is 10.9. The van der Waals surface area contributed by atoms with Gasteiger partial charge in [-0.15, -0.1) is 22.7 Å². The van der Waals surface area contributed by atoms with Gasteiger partial charge >= 0.3 is 0 Å². The highest BCUT2D eigenvalue weighted by Gasteiger charge is 2.25. The van der Waals surface area contributed by atoms with Crippen molar-refractivity contribution in [2.75, 3.05) is 26.2 Å². The Morgan fingerprint density at radius 2 is 2.03 bits per heavy atom. The van der Waals surface area contributed by atoms with Crippen molar-refractivity contribution in [3.63, 3.8) is 0 Å². The molecule has 5 rings (SSSR count). The average molecular weight is 429 g/mol. The number of amides is 1. The molecule has 148 valence electrons. The number of rotatable bonds is 4. The zero-order chi connectivity index (χ0) is 19.8. The van der Waals surface area contributed by atoms with Crippen LogP contribution in [0.4, 0.5) is 4.39 Å². The van der Waals surface area contributed by atoms with Gasteiger partial charge in [0.15, 0.2) is 0 Å². The lowest BCUT2D eigenvalue weighted by Gasteiger charge is -2.33. The molecule has 1 fully saturated rings. The molecule has 0 saturated carbocycles. The first-order chi connectivity index (χ1) is 14.2. The number of thiophene rings is 2. The van der Waals surface area contributed by atoms with Gasteiger partial charge in [0, 0.05) is 36.3 Å². The standard InChI is InChI=1S/C20H17FN4O2S2/c21-14-3-1-4-15-13(14)11-17(29-15)20(26)25-8-6-24(7-9-25)12-18-22-19(23-27-18)16-5-2-10-28-16/h1-5,10-11H,6-9,12H2. The molecule has 6 nitrogen and oxygen atoms in total. The van der Waals surface area contributed by atoms with E-state index < -0.39 is 0 Å². The van der Waals surface area contributed by atoms with E-state index in [0.29, 0.717) is 41.6 Å². The summed E-state index contributed by atoms with van der Waals surface area (Å²) in [4.78, 5) is 22.9. The van der Waals surface area contributed by atoms with Crippen LogP contribution >= 0.6 is 22.7 Å². The number of hydrogen-bond donors (Lipinski definition) is 0. The smallest absolute Gasteiger partial charge is 0.264 e. The van der Waals surface area contributed by atoms with Gasteiger partial charge in [0.1, 0.15) is 5.82 Å². The minimum atomic E-state index is -0.288. The molecular weight excluding hydrogens is 411 g/mol. The number of carbonyl (C=O) groups excluding carboxylic acids is 1. The van der Waals surface area contributed by atoms with Gasteiger partial charge in [0.25, 0.3) is 5.91 Å². The molecular formula is C20H17FN4O2S2. The summed E-state index contributed by atoms with van der Waals surface area (Å²) in [5.41, 5.74) is 0. The summed E-state index contributed by atoms with van der Waals surface area (Å²) in [5.74, 6) is 0.862. The number of halogens is 1. The van der Waals surface area contributed by atoms with Crippen LogP contribution in [0.2, 0.25) is 0 Å². The predicted octanol–water partition coefficient (Wildman–Crippen LogP) is 4.11. The topological polar surface area (TPSA) is 62.5 Å². The Hall–Kier alpha value is -2.62. The van der Waals surface area contributed by atoms with Gasteiger partial charge in [-0.1, -0.05) is 17.3 Å². The second-order valence-electron chi connectivity index (χ2n) is 6.82. The summed E-state index contributed by atoms with van der Waals surface area (Å²) in [6, 6.07) is 10.5. The van der Waals surface area contributed by atoms with E-state index in [0.717, 1.165) is 22.7 Å². The quantitative estimate of drug-likeness (QED) is 0.490. The molecule has 9 heteroatoms. The maximum atomic E-state index is 13.9. The molecule has 0 bridgehead atoms. The lowest BCUT2D eigenvalue weighted by Crippen LogP contribution is -2.48. The summed E-state index contributed by atoms with van der Waals surface area (Å²) < 4.78 is 20.1. The molecule has 1 aliphatic rings. The highest BCUT2D eigenvalue weighted by molar-refractivity contribution is 7.20. The molecule has 0 N–H and O–H groups in total. The van der Waals surface area contributed by atoms with Crippen LogP contribution in [0.15, 0.2) is 46.3 Å². The normalized spacial score (nSPS) is 15.3. The van der Waals surface area contributed by atoms with Gasteiger partial charge in [-0.05, 0) is 29.6 Å². The van der Waals surface area contributed by atoms with Crippen LogP contribution < -0.4 is 0 Å². The average Bonchev–Trinajstić information content (AvgIpc) is 3.48. The molecule has 0 radical (unpaired) electrons. The predicted molar refractivity (Wildman–Crippen MR) is 111 cm³/mol. The van der Waals surface area contributed by atoms with Gasteiger partial charge in [0.2, 0.25) is 11.7 Å². The van der Waals surface area contributed by atoms with Crippen molar-refractivity contribution < 1.29 is 13.7 Å². The monoisotopic (exact) mass is 428 g/mol. The van der Waals surface area contributed by atoms with Gasteiger partial charge in [-0.3, -0.25) is 9.69 Å². The number of hydrogen-bond acceptors (Lipinski definition) is 7.